The van der Waals surface area contributed by atoms with Crippen LogP contribution in [0.1, 0.15) is 48.8 Å². The monoisotopic (exact) mass is 544 g/mol. The number of benzene rings is 3. The largest absolute Gasteiger partial charge is 0.497 e. The van der Waals surface area contributed by atoms with Gasteiger partial charge in [-0.3, -0.25) is 9.59 Å². The van der Waals surface area contributed by atoms with Crippen molar-refractivity contribution in [3.63, 3.8) is 0 Å². The zero-order chi connectivity index (χ0) is 28.3. The van der Waals surface area contributed by atoms with Gasteiger partial charge in [0.2, 0.25) is 11.8 Å². The summed E-state index contributed by atoms with van der Waals surface area (Å²) in [7, 11) is 4.82. The maximum atomic E-state index is 14.0. The van der Waals surface area contributed by atoms with E-state index in [-0.39, 0.29) is 24.3 Å². The summed E-state index contributed by atoms with van der Waals surface area (Å²) in [6.45, 7) is 0.303. The number of nitrogens with zero attached hydrogens (tertiary/aromatic N) is 1. The van der Waals surface area contributed by atoms with Gasteiger partial charge in [0, 0.05) is 25.4 Å². The van der Waals surface area contributed by atoms with Crippen LogP contribution in [0.15, 0.2) is 72.8 Å². The van der Waals surface area contributed by atoms with Crippen molar-refractivity contribution in [1.82, 2.24) is 10.2 Å². The Morgan fingerprint density at radius 1 is 0.825 bits per heavy atom. The molecule has 40 heavy (non-hydrogen) atoms. The molecule has 0 unspecified atom stereocenters. The van der Waals surface area contributed by atoms with Crippen molar-refractivity contribution in [3.8, 4) is 17.2 Å². The first kappa shape index (κ1) is 29.0. The fraction of sp³-hybridized carbons (Fsp3) is 0.394. The van der Waals surface area contributed by atoms with Gasteiger partial charge < -0.3 is 24.4 Å². The fourth-order valence-electron chi connectivity index (χ4n) is 5.32. The summed E-state index contributed by atoms with van der Waals surface area (Å²) >= 11 is 0. The van der Waals surface area contributed by atoms with E-state index >= 15 is 0 Å². The number of aryl methyl sites for hydroxylation is 1. The molecular weight excluding hydrogens is 504 g/mol. The number of carbonyl (C=O) groups excluding carboxylic acids is 2. The average molecular weight is 545 g/mol. The Hall–Kier alpha value is -4.00. The molecule has 4 rings (SSSR count). The number of hydrogen-bond acceptors (Lipinski definition) is 5. The second-order valence-corrected chi connectivity index (χ2v) is 10.3. The van der Waals surface area contributed by atoms with Crippen LogP contribution >= 0.6 is 0 Å². The maximum Gasteiger partial charge on any atom is 0.243 e. The van der Waals surface area contributed by atoms with Crippen molar-refractivity contribution in [2.75, 3.05) is 21.3 Å². The quantitative estimate of drug-likeness (QED) is 0.314. The lowest BCUT2D eigenvalue weighted by Gasteiger charge is -2.32. The van der Waals surface area contributed by atoms with Crippen molar-refractivity contribution in [1.29, 1.82) is 0 Å². The highest BCUT2D eigenvalue weighted by atomic mass is 16.5. The molecule has 0 saturated heterocycles. The first-order chi connectivity index (χ1) is 19.5. The van der Waals surface area contributed by atoms with E-state index in [1.807, 2.05) is 72.8 Å². The van der Waals surface area contributed by atoms with Crippen molar-refractivity contribution in [2.24, 2.45) is 0 Å². The fourth-order valence-corrected chi connectivity index (χ4v) is 5.32. The molecular formula is C33H40N2O5. The standard InChI is InChI=1S/C33H40N2O5/c1-38-28-15-9-12-26(20-28)23-35(32(36)19-17-25-16-18-30(39-2)31(22-25)40-3)29(21-24-10-5-4-6-11-24)33(37)34-27-13-7-8-14-27/h4-6,9-12,15-16,18,20,22,27,29H,7-8,13-14,17,19,21,23H2,1-3H3,(H,34,37)/t29-/m1/s1. The Kier molecular flexibility index (Phi) is 10.4. The van der Waals surface area contributed by atoms with Crippen LogP contribution < -0.4 is 19.5 Å². The molecule has 1 atom stereocenters. The molecule has 1 aliphatic rings. The number of nitrogens with one attached hydrogen (secondary N) is 1. The van der Waals surface area contributed by atoms with Crippen LogP contribution in [0.25, 0.3) is 0 Å². The topological polar surface area (TPSA) is 77.1 Å². The molecule has 7 heteroatoms. The highest BCUT2D eigenvalue weighted by molar-refractivity contribution is 5.88. The van der Waals surface area contributed by atoms with Gasteiger partial charge in [-0.15, -0.1) is 0 Å². The van der Waals surface area contributed by atoms with E-state index in [0.29, 0.717) is 36.6 Å². The van der Waals surface area contributed by atoms with Crippen LogP contribution in [-0.4, -0.2) is 50.1 Å². The highest BCUT2D eigenvalue weighted by Crippen LogP contribution is 2.28. The number of ether oxygens (including phenoxy) is 3. The minimum atomic E-state index is -0.646. The lowest BCUT2D eigenvalue weighted by atomic mass is 10.0. The van der Waals surface area contributed by atoms with Gasteiger partial charge in [0.1, 0.15) is 11.8 Å². The van der Waals surface area contributed by atoms with Crippen LogP contribution in [0.2, 0.25) is 0 Å². The van der Waals surface area contributed by atoms with Crippen LogP contribution in [0.3, 0.4) is 0 Å². The molecule has 0 aliphatic heterocycles. The van der Waals surface area contributed by atoms with Gasteiger partial charge in [0.05, 0.1) is 21.3 Å². The molecule has 3 aromatic carbocycles. The molecule has 1 saturated carbocycles. The molecule has 0 spiro atoms. The van der Waals surface area contributed by atoms with Crippen molar-refractivity contribution >= 4 is 11.8 Å². The number of amides is 2. The van der Waals surface area contributed by atoms with Crippen molar-refractivity contribution in [2.45, 2.75) is 63.6 Å². The summed E-state index contributed by atoms with van der Waals surface area (Å²) in [5.41, 5.74) is 2.88. The van der Waals surface area contributed by atoms with E-state index in [1.165, 1.54) is 0 Å². The second-order valence-electron chi connectivity index (χ2n) is 10.3. The third-order valence-electron chi connectivity index (χ3n) is 7.54. The van der Waals surface area contributed by atoms with Gasteiger partial charge in [0.15, 0.2) is 11.5 Å². The Morgan fingerprint density at radius 3 is 2.25 bits per heavy atom. The predicted octanol–water partition coefficient (Wildman–Crippen LogP) is 5.34. The molecule has 0 bridgehead atoms. The molecule has 212 valence electrons. The van der Waals surface area contributed by atoms with Crippen LogP contribution in [-0.2, 0) is 29.0 Å². The van der Waals surface area contributed by atoms with Gasteiger partial charge in [-0.25, -0.2) is 0 Å². The molecule has 3 aromatic rings. The van der Waals surface area contributed by atoms with E-state index in [2.05, 4.69) is 5.32 Å². The van der Waals surface area contributed by atoms with E-state index in [0.717, 1.165) is 42.4 Å². The molecule has 0 radical (unpaired) electrons. The Morgan fingerprint density at radius 2 is 1.55 bits per heavy atom. The van der Waals surface area contributed by atoms with Crippen molar-refractivity contribution in [3.05, 3.63) is 89.5 Å². The van der Waals surface area contributed by atoms with Gasteiger partial charge >= 0.3 is 0 Å². The van der Waals surface area contributed by atoms with E-state index in [9.17, 15) is 9.59 Å². The first-order valence-electron chi connectivity index (χ1n) is 14.0. The van der Waals surface area contributed by atoms with Crippen molar-refractivity contribution < 1.29 is 23.8 Å². The Labute approximate surface area is 237 Å². The van der Waals surface area contributed by atoms with Crippen LogP contribution in [0.5, 0.6) is 17.2 Å². The number of carbonyl (C=O) groups is 2. The van der Waals surface area contributed by atoms with Gasteiger partial charge in [-0.2, -0.15) is 0 Å². The first-order valence-corrected chi connectivity index (χ1v) is 14.0. The minimum absolute atomic E-state index is 0.0832. The van der Waals surface area contributed by atoms with Gasteiger partial charge in [-0.05, 0) is 60.2 Å². The lowest BCUT2D eigenvalue weighted by Crippen LogP contribution is -2.52. The van der Waals surface area contributed by atoms with Crippen LogP contribution in [0, 0.1) is 0 Å². The Bertz CT molecular complexity index is 1260. The highest BCUT2D eigenvalue weighted by Gasteiger charge is 2.32. The SMILES string of the molecule is COc1cccc(CN(C(=O)CCc2ccc(OC)c(OC)c2)[C@H](Cc2ccccc2)C(=O)NC2CCCC2)c1. The average Bonchev–Trinajstić information content (AvgIpc) is 3.51. The molecule has 1 aliphatic carbocycles. The van der Waals surface area contributed by atoms with Crippen LogP contribution in [0.4, 0.5) is 0 Å². The summed E-state index contributed by atoms with van der Waals surface area (Å²) in [5.74, 6) is 1.80. The summed E-state index contributed by atoms with van der Waals surface area (Å²) in [5, 5.41) is 3.26. The molecule has 7 nitrogen and oxygen atoms in total. The number of methoxy groups -OCH3 is 3. The molecule has 2 amide bonds. The zero-order valence-corrected chi connectivity index (χ0v) is 23.7. The third-order valence-corrected chi connectivity index (χ3v) is 7.54. The van der Waals surface area contributed by atoms with Gasteiger partial charge in [0.25, 0.3) is 0 Å². The normalized spacial score (nSPS) is 13.9. The molecule has 1 fully saturated rings. The predicted molar refractivity (Wildman–Crippen MR) is 156 cm³/mol. The molecule has 1 N–H and O–H groups in total. The lowest BCUT2D eigenvalue weighted by molar-refractivity contribution is -0.141. The summed E-state index contributed by atoms with van der Waals surface area (Å²) < 4.78 is 16.2. The zero-order valence-electron chi connectivity index (χ0n) is 23.7. The van der Waals surface area contributed by atoms with Gasteiger partial charge in [-0.1, -0.05) is 61.4 Å². The van der Waals surface area contributed by atoms with E-state index in [4.69, 9.17) is 14.2 Å². The number of hydrogen-bond donors (Lipinski definition) is 1. The maximum absolute atomic E-state index is 14.0. The van der Waals surface area contributed by atoms with E-state index in [1.54, 1.807) is 26.2 Å². The third kappa shape index (κ3) is 7.78. The second kappa shape index (κ2) is 14.4. The summed E-state index contributed by atoms with van der Waals surface area (Å²) in [6.07, 6.45) is 5.39. The smallest absolute Gasteiger partial charge is 0.243 e. The molecule has 0 aromatic heterocycles. The Balaban J connectivity index is 1.62. The summed E-state index contributed by atoms with van der Waals surface area (Å²) in [4.78, 5) is 29.6. The number of rotatable bonds is 13. The summed E-state index contributed by atoms with van der Waals surface area (Å²) in [6, 6.07) is 22.8. The minimum Gasteiger partial charge on any atom is -0.497 e. The molecule has 0 heterocycles. The van der Waals surface area contributed by atoms with E-state index < -0.39 is 6.04 Å².